The topological polar surface area (TPSA) is 67.5 Å². The van der Waals surface area contributed by atoms with Crippen LogP contribution in [0.4, 0.5) is 15.9 Å². The number of hydrogen-bond donors (Lipinski definition) is 1. The molecule has 4 aromatic rings. The van der Waals surface area contributed by atoms with Crippen LogP contribution in [-0.4, -0.2) is 10.9 Å². The molecule has 0 saturated heterocycles. The van der Waals surface area contributed by atoms with E-state index in [1.165, 1.54) is 18.2 Å². The third-order valence-corrected chi connectivity index (χ3v) is 4.80. The van der Waals surface area contributed by atoms with Gasteiger partial charge in [0.1, 0.15) is 22.8 Å². The largest absolute Gasteiger partial charge is 0.438 e. The van der Waals surface area contributed by atoms with Crippen molar-refractivity contribution in [1.82, 2.24) is 4.98 Å². The second-order valence-electron chi connectivity index (χ2n) is 6.02. The van der Waals surface area contributed by atoms with Crippen LogP contribution in [0.5, 0.6) is 0 Å². The van der Waals surface area contributed by atoms with E-state index in [2.05, 4.69) is 31.2 Å². The number of benzene rings is 2. The summed E-state index contributed by atoms with van der Waals surface area (Å²) in [5.41, 5.74) is 0.815. The number of carbonyl (C=O) groups excluding carboxylic acids is 1. The minimum Gasteiger partial charge on any atom is -0.438 e. The third-order valence-electron chi connectivity index (χ3n) is 3.99. The summed E-state index contributed by atoms with van der Waals surface area (Å²) in [6.45, 7) is 0. The van der Waals surface area contributed by atoms with E-state index in [9.17, 15) is 9.18 Å². The first kappa shape index (κ1) is 19.3. The van der Waals surface area contributed by atoms with Crippen molar-refractivity contribution in [3.63, 3.8) is 0 Å². The van der Waals surface area contributed by atoms with Gasteiger partial charge in [-0.1, -0.05) is 33.6 Å². The van der Waals surface area contributed by atoms with E-state index in [4.69, 9.17) is 16.0 Å². The van der Waals surface area contributed by atoms with Crippen molar-refractivity contribution >= 4 is 55.9 Å². The first-order valence-electron chi connectivity index (χ1n) is 8.45. The van der Waals surface area contributed by atoms with Crippen LogP contribution in [0.3, 0.4) is 0 Å². The highest BCUT2D eigenvalue weighted by Crippen LogP contribution is 2.26. The molecule has 0 aliphatic rings. The highest BCUT2D eigenvalue weighted by atomic mass is 79.9. The Hall–Kier alpha value is -3.03. The number of nitrogens with zero attached hydrogens (tertiary/aromatic N) is 2. The van der Waals surface area contributed by atoms with Crippen molar-refractivity contribution in [1.29, 1.82) is 0 Å². The van der Waals surface area contributed by atoms with Crippen LogP contribution in [0, 0.1) is 5.82 Å². The molecule has 1 amide bonds. The predicted octanol–water partition coefficient (Wildman–Crippen LogP) is 5.87. The summed E-state index contributed by atoms with van der Waals surface area (Å²) >= 11 is 9.53. The van der Waals surface area contributed by atoms with Gasteiger partial charge in [-0.2, -0.15) is 0 Å². The Morgan fingerprint density at radius 3 is 2.79 bits per heavy atom. The molecule has 0 fully saturated rings. The third kappa shape index (κ3) is 4.36. The molecule has 0 aliphatic heterocycles. The zero-order valence-electron chi connectivity index (χ0n) is 14.7. The summed E-state index contributed by atoms with van der Waals surface area (Å²) in [7, 11) is 0. The molecule has 1 N–H and O–H groups in total. The van der Waals surface area contributed by atoms with Crippen molar-refractivity contribution < 1.29 is 13.6 Å². The summed E-state index contributed by atoms with van der Waals surface area (Å²) in [5.74, 6) is -0.598. The molecule has 29 heavy (non-hydrogen) atoms. The molecule has 0 saturated carbocycles. The Labute approximate surface area is 178 Å². The zero-order valence-corrected chi connectivity index (χ0v) is 17.0. The lowest BCUT2D eigenvalue weighted by molar-refractivity contribution is 0.102. The number of hydrogen-bond acceptors (Lipinski definition) is 4. The number of aromatic nitrogens is 1. The van der Waals surface area contributed by atoms with Gasteiger partial charge in [-0.25, -0.2) is 14.4 Å². The lowest BCUT2D eigenvalue weighted by Gasteiger charge is -2.07. The van der Waals surface area contributed by atoms with Gasteiger partial charge in [-0.15, -0.1) is 0 Å². The SMILES string of the molecule is O=C(Nc1ccccn1)c1cc2cc(Br)ccc2oc1=Nc1cc(F)ccc1Cl. The Morgan fingerprint density at radius 1 is 1.14 bits per heavy atom. The zero-order chi connectivity index (χ0) is 20.4. The molecule has 0 unspecified atom stereocenters. The van der Waals surface area contributed by atoms with E-state index in [1.807, 2.05) is 6.07 Å². The number of halogens is 3. The summed E-state index contributed by atoms with van der Waals surface area (Å²) < 4.78 is 20.3. The molecule has 144 valence electrons. The molecule has 8 heteroatoms. The van der Waals surface area contributed by atoms with Gasteiger partial charge in [-0.05, 0) is 48.5 Å². The second kappa shape index (κ2) is 8.14. The maximum atomic E-state index is 13.7. The van der Waals surface area contributed by atoms with Crippen molar-refractivity contribution in [3.05, 3.63) is 93.3 Å². The highest BCUT2D eigenvalue weighted by Gasteiger charge is 2.14. The molecule has 5 nitrogen and oxygen atoms in total. The fourth-order valence-electron chi connectivity index (χ4n) is 2.65. The average Bonchev–Trinajstić information content (AvgIpc) is 2.71. The molecule has 0 bridgehead atoms. The quantitative estimate of drug-likeness (QED) is 0.406. The number of anilines is 1. The van der Waals surface area contributed by atoms with Crippen molar-refractivity contribution in [2.75, 3.05) is 5.32 Å². The summed E-state index contributed by atoms with van der Waals surface area (Å²) in [4.78, 5) is 21.3. The lowest BCUT2D eigenvalue weighted by atomic mass is 10.1. The lowest BCUT2D eigenvalue weighted by Crippen LogP contribution is -2.22. The van der Waals surface area contributed by atoms with Crippen LogP contribution >= 0.6 is 27.5 Å². The number of nitrogens with one attached hydrogen (secondary N) is 1. The molecule has 2 aromatic heterocycles. The summed E-state index contributed by atoms with van der Waals surface area (Å²) in [6.07, 6.45) is 1.56. The summed E-state index contributed by atoms with van der Waals surface area (Å²) in [6, 6.07) is 15.9. The van der Waals surface area contributed by atoms with E-state index < -0.39 is 11.7 Å². The van der Waals surface area contributed by atoms with E-state index in [1.54, 1.807) is 42.6 Å². The van der Waals surface area contributed by atoms with Gasteiger partial charge in [0.05, 0.1) is 10.7 Å². The second-order valence-corrected chi connectivity index (χ2v) is 7.35. The molecular weight excluding hydrogens is 461 g/mol. The van der Waals surface area contributed by atoms with E-state index in [0.717, 1.165) is 4.47 Å². The minimum absolute atomic E-state index is 0.000698. The molecule has 4 rings (SSSR count). The number of fused-ring (bicyclic) bond motifs is 1. The Bertz CT molecular complexity index is 1290. The Kier molecular flexibility index (Phi) is 5.42. The smallest absolute Gasteiger partial charge is 0.262 e. The molecule has 0 aliphatic carbocycles. The van der Waals surface area contributed by atoms with Gasteiger partial charge >= 0.3 is 0 Å². The van der Waals surface area contributed by atoms with Crippen LogP contribution in [0.25, 0.3) is 11.0 Å². The number of amides is 1. The Balaban J connectivity index is 1.90. The maximum Gasteiger partial charge on any atom is 0.262 e. The van der Waals surface area contributed by atoms with Gasteiger partial charge < -0.3 is 9.73 Å². The first-order chi connectivity index (χ1) is 14.0. The molecule has 2 heterocycles. The van der Waals surface area contributed by atoms with Crippen LogP contribution in [0.2, 0.25) is 5.02 Å². The van der Waals surface area contributed by atoms with Gasteiger partial charge in [0.2, 0.25) is 5.55 Å². The fourth-order valence-corrected chi connectivity index (χ4v) is 3.19. The van der Waals surface area contributed by atoms with Gasteiger partial charge in [0.15, 0.2) is 0 Å². The van der Waals surface area contributed by atoms with Crippen molar-refractivity contribution in [3.8, 4) is 0 Å². The van der Waals surface area contributed by atoms with Crippen LogP contribution in [0.15, 0.2) is 80.7 Å². The first-order valence-corrected chi connectivity index (χ1v) is 9.62. The number of pyridine rings is 1. The predicted molar refractivity (Wildman–Crippen MR) is 113 cm³/mol. The van der Waals surface area contributed by atoms with Gasteiger partial charge in [0.25, 0.3) is 5.91 Å². The van der Waals surface area contributed by atoms with Crippen LogP contribution in [0.1, 0.15) is 10.4 Å². The maximum absolute atomic E-state index is 13.7. The van der Waals surface area contributed by atoms with E-state index in [-0.39, 0.29) is 21.8 Å². The number of rotatable bonds is 3. The normalized spacial score (nSPS) is 11.6. The van der Waals surface area contributed by atoms with Crippen LogP contribution in [-0.2, 0) is 0 Å². The fraction of sp³-hybridized carbons (Fsp3) is 0. The molecule has 0 atom stereocenters. The molecule has 0 spiro atoms. The molecular formula is C21H12BrClFN3O2. The monoisotopic (exact) mass is 471 g/mol. The molecule has 2 aromatic carbocycles. The average molecular weight is 473 g/mol. The Morgan fingerprint density at radius 2 is 2.00 bits per heavy atom. The van der Waals surface area contributed by atoms with Crippen molar-refractivity contribution in [2.24, 2.45) is 4.99 Å². The van der Waals surface area contributed by atoms with Crippen LogP contribution < -0.4 is 10.9 Å². The van der Waals surface area contributed by atoms with E-state index >= 15 is 0 Å². The van der Waals surface area contributed by atoms with Crippen molar-refractivity contribution in [2.45, 2.75) is 0 Å². The highest BCUT2D eigenvalue weighted by molar-refractivity contribution is 9.10. The summed E-state index contributed by atoms with van der Waals surface area (Å²) in [5, 5.41) is 3.62. The molecule has 0 radical (unpaired) electrons. The van der Waals surface area contributed by atoms with Gasteiger partial charge in [-0.3, -0.25) is 4.79 Å². The number of carbonyl (C=O) groups is 1. The van der Waals surface area contributed by atoms with Gasteiger partial charge in [0, 0.05) is 22.1 Å². The minimum atomic E-state index is -0.502. The van der Waals surface area contributed by atoms with E-state index in [0.29, 0.717) is 16.8 Å². The standard InChI is InChI=1S/C21H12BrClFN3O2/c22-13-4-7-18-12(9-13)10-15(20(28)27-19-3-1-2-8-25-19)21(29-18)26-17-11-14(24)5-6-16(17)23/h1-11H,(H,25,27,28).